The molecule has 0 amide bonds. The van der Waals surface area contributed by atoms with Crippen molar-refractivity contribution in [1.82, 2.24) is 4.98 Å². The summed E-state index contributed by atoms with van der Waals surface area (Å²) in [6.07, 6.45) is 1.77. The Kier molecular flexibility index (Phi) is 6.86. The van der Waals surface area contributed by atoms with Gasteiger partial charge >= 0.3 is 0 Å². The Bertz CT molecular complexity index is 929. The molecule has 150 valence electrons. The Morgan fingerprint density at radius 2 is 1.59 bits per heavy atom. The van der Waals surface area contributed by atoms with Crippen molar-refractivity contribution in [2.24, 2.45) is 5.41 Å². The summed E-state index contributed by atoms with van der Waals surface area (Å²) in [5.41, 5.74) is 4.09. The Morgan fingerprint density at radius 1 is 0.966 bits per heavy atom. The lowest BCUT2D eigenvalue weighted by Gasteiger charge is -2.32. The van der Waals surface area contributed by atoms with E-state index in [9.17, 15) is 4.79 Å². The van der Waals surface area contributed by atoms with Gasteiger partial charge in [0.1, 0.15) is 12.4 Å². The maximum Gasteiger partial charge on any atom is 0.173 e. The molecule has 0 N–H and O–H groups in total. The van der Waals surface area contributed by atoms with Crippen LogP contribution in [0.4, 0.5) is 0 Å². The number of ketones is 1. The number of hydrogen-bond acceptors (Lipinski definition) is 3. The molecule has 0 aliphatic rings. The lowest BCUT2D eigenvalue weighted by molar-refractivity contribution is 0.102. The third-order valence-electron chi connectivity index (χ3n) is 4.88. The van der Waals surface area contributed by atoms with E-state index < -0.39 is 0 Å². The summed E-state index contributed by atoms with van der Waals surface area (Å²) in [7, 11) is 0. The van der Waals surface area contributed by atoms with Crippen molar-refractivity contribution >= 4 is 21.7 Å². The molecule has 0 fully saturated rings. The van der Waals surface area contributed by atoms with Crippen LogP contribution in [-0.4, -0.2) is 16.1 Å². The Labute approximate surface area is 181 Å². The zero-order valence-corrected chi connectivity index (χ0v) is 18.6. The second-order valence-electron chi connectivity index (χ2n) is 8.16. The van der Waals surface area contributed by atoms with Gasteiger partial charge in [-0.25, -0.2) is 0 Å². The summed E-state index contributed by atoms with van der Waals surface area (Å²) in [4.78, 5) is 16.2. The molecule has 3 rings (SSSR count). The molecule has 0 bridgehead atoms. The number of carbonyl (C=O) groups excluding carboxylic acids is 1. The quantitative estimate of drug-likeness (QED) is 0.307. The molecule has 3 aromatic rings. The molecule has 2 aromatic carbocycles. The molecule has 0 radical (unpaired) electrons. The first-order valence-corrected chi connectivity index (χ1v) is 10.8. The highest BCUT2D eigenvalue weighted by molar-refractivity contribution is 9.09. The Balaban J connectivity index is 1.79. The minimum Gasteiger partial charge on any atom is -0.487 e. The molecule has 1 aromatic heterocycles. The number of Topliss-reactive ketones (excluding diaryl/α,β-unsaturated/α-hetero) is 1. The van der Waals surface area contributed by atoms with Gasteiger partial charge in [-0.2, -0.15) is 0 Å². The monoisotopic (exact) mass is 451 g/mol. The number of ether oxygens (including phenoxy) is 1. The zero-order valence-electron chi connectivity index (χ0n) is 17.1. The zero-order chi connectivity index (χ0) is 20.9. The minimum atomic E-state index is 0.0251. The highest BCUT2D eigenvalue weighted by Gasteiger charge is 2.28. The molecular weight excluding hydrogens is 426 g/mol. The Hall–Kier alpha value is -2.46. The third kappa shape index (κ3) is 5.54. The second-order valence-corrected chi connectivity index (χ2v) is 8.72. The van der Waals surface area contributed by atoms with Crippen LogP contribution in [-0.2, 0) is 6.61 Å². The van der Waals surface area contributed by atoms with Gasteiger partial charge in [0.25, 0.3) is 0 Å². The number of nitrogens with zero attached hydrogens (tertiary/aromatic N) is 1. The summed E-state index contributed by atoms with van der Waals surface area (Å²) in [6.45, 7) is 7.16. The van der Waals surface area contributed by atoms with Gasteiger partial charge in [0.2, 0.25) is 0 Å². The van der Waals surface area contributed by atoms with Gasteiger partial charge in [0.15, 0.2) is 5.78 Å². The number of rotatable bonds is 7. The fraction of sp³-hybridized carbons (Fsp3) is 0.280. The molecule has 0 saturated heterocycles. The van der Waals surface area contributed by atoms with Gasteiger partial charge in [0, 0.05) is 17.7 Å². The van der Waals surface area contributed by atoms with Crippen LogP contribution in [0.2, 0.25) is 0 Å². The summed E-state index contributed by atoms with van der Waals surface area (Å²) in [5.74, 6) is 1.13. The van der Waals surface area contributed by atoms with Gasteiger partial charge in [-0.1, -0.05) is 79.2 Å². The van der Waals surface area contributed by atoms with E-state index in [2.05, 4.69) is 66.0 Å². The number of aromatic nitrogens is 1. The number of alkyl halides is 1. The molecule has 1 heterocycles. The van der Waals surface area contributed by atoms with Crippen molar-refractivity contribution in [3.8, 4) is 5.75 Å². The normalized spacial score (nSPS) is 12.4. The topological polar surface area (TPSA) is 39.2 Å². The largest absolute Gasteiger partial charge is 0.487 e. The van der Waals surface area contributed by atoms with Crippen molar-refractivity contribution in [2.75, 3.05) is 5.33 Å². The smallest absolute Gasteiger partial charge is 0.173 e. The molecule has 0 saturated carbocycles. The fourth-order valence-corrected chi connectivity index (χ4v) is 3.85. The van der Waals surface area contributed by atoms with Crippen molar-refractivity contribution in [1.29, 1.82) is 0 Å². The number of benzene rings is 2. The van der Waals surface area contributed by atoms with Crippen molar-refractivity contribution in [3.63, 3.8) is 0 Å². The van der Waals surface area contributed by atoms with E-state index in [0.29, 0.717) is 11.9 Å². The minimum absolute atomic E-state index is 0.0251. The van der Waals surface area contributed by atoms with Crippen LogP contribution in [0.3, 0.4) is 0 Å². The third-order valence-corrected chi connectivity index (χ3v) is 5.39. The van der Waals surface area contributed by atoms with E-state index in [-0.39, 0.29) is 17.1 Å². The Morgan fingerprint density at radius 3 is 2.10 bits per heavy atom. The van der Waals surface area contributed by atoms with E-state index in [1.165, 1.54) is 11.1 Å². The molecular formula is C25H26BrNO2. The summed E-state index contributed by atoms with van der Waals surface area (Å²) < 4.78 is 5.87. The van der Waals surface area contributed by atoms with E-state index in [4.69, 9.17) is 4.74 Å². The van der Waals surface area contributed by atoms with Crippen LogP contribution in [0.15, 0.2) is 72.9 Å². The van der Waals surface area contributed by atoms with Crippen LogP contribution in [0.5, 0.6) is 5.75 Å². The molecule has 1 atom stereocenters. The summed E-state index contributed by atoms with van der Waals surface area (Å²) in [6, 6.07) is 22.1. The molecule has 29 heavy (non-hydrogen) atoms. The number of hydrogen-bond donors (Lipinski definition) is 0. The van der Waals surface area contributed by atoms with Gasteiger partial charge in [-0.15, -0.1) is 0 Å². The first-order chi connectivity index (χ1) is 13.9. The lowest BCUT2D eigenvalue weighted by Crippen LogP contribution is -2.19. The molecule has 0 aliphatic heterocycles. The van der Waals surface area contributed by atoms with Crippen molar-refractivity contribution < 1.29 is 9.53 Å². The number of carbonyl (C=O) groups is 1. The predicted molar refractivity (Wildman–Crippen MR) is 121 cm³/mol. The molecule has 3 nitrogen and oxygen atoms in total. The van der Waals surface area contributed by atoms with Crippen molar-refractivity contribution in [3.05, 3.63) is 95.3 Å². The van der Waals surface area contributed by atoms with E-state index in [0.717, 1.165) is 17.0 Å². The van der Waals surface area contributed by atoms with Gasteiger partial charge in [-0.3, -0.25) is 9.78 Å². The van der Waals surface area contributed by atoms with E-state index in [1.54, 1.807) is 6.20 Å². The average molecular weight is 452 g/mol. The maximum absolute atomic E-state index is 11.9. The first-order valence-electron chi connectivity index (χ1n) is 9.70. The van der Waals surface area contributed by atoms with Gasteiger partial charge in [0.05, 0.1) is 11.0 Å². The second kappa shape index (κ2) is 9.36. The molecule has 4 heteroatoms. The van der Waals surface area contributed by atoms with Gasteiger partial charge < -0.3 is 4.74 Å². The SMILES string of the molecule is CC(C)(C)C(c1ccc(OCc2ccccn2)cc1)c1ccc(C(=O)CBr)cc1. The van der Waals surface area contributed by atoms with Crippen LogP contribution >= 0.6 is 15.9 Å². The highest BCUT2D eigenvalue weighted by Crippen LogP contribution is 2.41. The first kappa shape index (κ1) is 21.3. The van der Waals surface area contributed by atoms with Crippen molar-refractivity contribution in [2.45, 2.75) is 33.3 Å². The fourth-order valence-electron chi connectivity index (χ4n) is 3.53. The predicted octanol–water partition coefficient (Wildman–Crippen LogP) is 6.42. The molecule has 1 unspecified atom stereocenters. The standard InChI is InChI=1S/C25H26BrNO2/c1-25(2,3)24(19-9-7-18(8-10-19)23(28)16-26)20-11-13-22(14-12-20)29-17-21-6-4-5-15-27-21/h4-15,24H,16-17H2,1-3H3. The maximum atomic E-state index is 11.9. The van der Waals surface area contributed by atoms with Crippen LogP contribution < -0.4 is 4.74 Å². The molecule has 0 aliphatic carbocycles. The molecule has 0 spiro atoms. The van der Waals surface area contributed by atoms with Crippen LogP contribution in [0.1, 0.15) is 53.9 Å². The lowest BCUT2D eigenvalue weighted by atomic mass is 9.72. The highest BCUT2D eigenvalue weighted by atomic mass is 79.9. The summed E-state index contributed by atoms with van der Waals surface area (Å²) in [5, 5.41) is 0.342. The van der Waals surface area contributed by atoms with E-state index >= 15 is 0 Å². The number of pyridine rings is 1. The van der Waals surface area contributed by atoms with Crippen LogP contribution in [0, 0.1) is 5.41 Å². The van der Waals surface area contributed by atoms with Gasteiger partial charge in [-0.05, 0) is 40.8 Å². The average Bonchev–Trinajstić information content (AvgIpc) is 2.73. The van der Waals surface area contributed by atoms with Crippen LogP contribution in [0.25, 0.3) is 0 Å². The van der Waals surface area contributed by atoms with E-state index in [1.807, 2.05) is 42.5 Å². The number of halogens is 1. The summed E-state index contributed by atoms with van der Waals surface area (Å²) >= 11 is 3.24.